The number of rotatable bonds is 11. The van der Waals surface area contributed by atoms with Gasteiger partial charge in [0.25, 0.3) is 10.0 Å². The molecule has 0 saturated heterocycles. The summed E-state index contributed by atoms with van der Waals surface area (Å²) >= 11 is 12.7. The second kappa shape index (κ2) is 13.3. The maximum atomic E-state index is 14.1. The van der Waals surface area contributed by atoms with Crippen LogP contribution in [0.5, 0.6) is 0 Å². The summed E-state index contributed by atoms with van der Waals surface area (Å²) in [6, 6.07) is 18.8. The third kappa shape index (κ3) is 7.53. The van der Waals surface area contributed by atoms with Gasteiger partial charge >= 0.3 is 0 Å². The molecule has 10 heteroatoms. The SMILES string of the molecule is CC[C@@H](C(=O)NC(C)C)N(Cc1ccccc1C)C(=O)CN(c1cc(Cl)ccc1Cl)S(=O)(=O)c1ccccc1. The summed E-state index contributed by atoms with van der Waals surface area (Å²) in [5, 5.41) is 3.26. The fraction of sp³-hybridized carbons (Fsp3) is 0.310. The molecule has 0 fully saturated rings. The predicted molar refractivity (Wildman–Crippen MR) is 157 cm³/mol. The molecule has 3 rings (SSSR count). The Bertz CT molecular complexity index is 1420. The van der Waals surface area contributed by atoms with Gasteiger partial charge in [0.1, 0.15) is 12.6 Å². The summed E-state index contributed by atoms with van der Waals surface area (Å²) in [6.07, 6.45) is 0.333. The van der Waals surface area contributed by atoms with Gasteiger partial charge in [-0.25, -0.2) is 8.42 Å². The summed E-state index contributed by atoms with van der Waals surface area (Å²) in [4.78, 5) is 28.7. The highest BCUT2D eigenvalue weighted by Crippen LogP contribution is 2.33. The van der Waals surface area contributed by atoms with Gasteiger partial charge in [-0.3, -0.25) is 13.9 Å². The quantitative estimate of drug-likeness (QED) is 0.305. The van der Waals surface area contributed by atoms with Crippen molar-refractivity contribution in [1.82, 2.24) is 10.2 Å². The van der Waals surface area contributed by atoms with Crippen LogP contribution in [0.4, 0.5) is 5.69 Å². The zero-order chi connectivity index (χ0) is 28.7. The molecule has 0 spiro atoms. The molecule has 1 atom stereocenters. The van der Waals surface area contributed by atoms with Gasteiger partial charge in [0, 0.05) is 17.6 Å². The second-order valence-corrected chi connectivity index (χ2v) is 12.2. The van der Waals surface area contributed by atoms with Gasteiger partial charge in [0.2, 0.25) is 11.8 Å². The maximum Gasteiger partial charge on any atom is 0.264 e. The van der Waals surface area contributed by atoms with E-state index >= 15 is 0 Å². The Morgan fingerprint density at radius 2 is 1.59 bits per heavy atom. The summed E-state index contributed by atoms with van der Waals surface area (Å²) in [5.41, 5.74) is 1.86. The molecular formula is C29H33Cl2N3O4S. The highest BCUT2D eigenvalue weighted by atomic mass is 35.5. The van der Waals surface area contributed by atoms with Crippen LogP contribution in [0.1, 0.15) is 38.3 Å². The zero-order valence-electron chi connectivity index (χ0n) is 22.4. The first-order valence-corrected chi connectivity index (χ1v) is 14.8. The van der Waals surface area contributed by atoms with E-state index in [9.17, 15) is 18.0 Å². The summed E-state index contributed by atoms with van der Waals surface area (Å²) in [6.45, 7) is 6.95. The van der Waals surface area contributed by atoms with Crippen LogP contribution >= 0.6 is 23.2 Å². The van der Waals surface area contributed by atoms with Crippen LogP contribution in [-0.2, 0) is 26.2 Å². The van der Waals surface area contributed by atoms with Crippen LogP contribution in [0.15, 0.2) is 77.7 Å². The Morgan fingerprint density at radius 3 is 2.21 bits per heavy atom. The molecule has 208 valence electrons. The molecule has 0 bridgehead atoms. The van der Waals surface area contributed by atoms with Crippen molar-refractivity contribution in [2.24, 2.45) is 0 Å². The van der Waals surface area contributed by atoms with E-state index in [4.69, 9.17) is 23.2 Å². The molecule has 39 heavy (non-hydrogen) atoms. The largest absolute Gasteiger partial charge is 0.352 e. The Labute approximate surface area is 240 Å². The Kier molecular flexibility index (Phi) is 10.4. The highest BCUT2D eigenvalue weighted by Gasteiger charge is 2.34. The summed E-state index contributed by atoms with van der Waals surface area (Å²) in [5.74, 6) is -0.868. The number of hydrogen-bond acceptors (Lipinski definition) is 4. The number of nitrogens with zero attached hydrogens (tertiary/aromatic N) is 2. The number of anilines is 1. The molecule has 0 unspecified atom stereocenters. The second-order valence-electron chi connectivity index (χ2n) is 9.46. The topological polar surface area (TPSA) is 86.8 Å². The first-order chi connectivity index (χ1) is 18.4. The van der Waals surface area contributed by atoms with Crippen LogP contribution in [0.2, 0.25) is 10.0 Å². The van der Waals surface area contributed by atoms with Gasteiger partial charge < -0.3 is 10.2 Å². The molecule has 3 aromatic carbocycles. The van der Waals surface area contributed by atoms with Crippen molar-refractivity contribution in [2.45, 2.75) is 57.6 Å². The van der Waals surface area contributed by atoms with Crippen LogP contribution in [0.25, 0.3) is 0 Å². The Morgan fingerprint density at radius 1 is 0.949 bits per heavy atom. The van der Waals surface area contributed by atoms with E-state index in [0.29, 0.717) is 6.42 Å². The molecule has 0 aromatic heterocycles. The lowest BCUT2D eigenvalue weighted by Gasteiger charge is -2.34. The fourth-order valence-electron chi connectivity index (χ4n) is 4.18. The fourth-order valence-corrected chi connectivity index (χ4v) is 6.06. The smallest absolute Gasteiger partial charge is 0.264 e. The van der Waals surface area contributed by atoms with Gasteiger partial charge in [-0.1, -0.05) is 72.6 Å². The average molecular weight is 591 g/mol. The zero-order valence-corrected chi connectivity index (χ0v) is 24.7. The van der Waals surface area contributed by atoms with E-state index in [1.807, 2.05) is 52.0 Å². The van der Waals surface area contributed by atoms with Crippen LogP contribution in [0, 0.1) is 6.92 Å². The third-order valence-corrected chi connectivity index (χ3v) is 8.53. The van der Waals surface area contributed by atoms with Crippen molar-refractivity contribution in [3.05, 3.63) is 94.0 Å². The van der Waals surface area contributed by atoms with Crippen LogP contribution in [0.3, 0.4) is 0 Å². The van der Waals surface area contributed by atoms with Crippen molar-refractivity contribution < 1.29 is 18.0 Å². The van der Waals surface area contributed by atoms with Gasteiger partial charge in [-0.15, -0.1) is 0 Å². The maximum absolute atomic E-state index is 14.1. The standard InChI is InChI=1S/C29H33Cl2N3O4S/c1-5-26(29(36)32-20(2)3)33(18-22-12-10-9-11-21(22)4)28(35)19-34(27-17-23(30)15-16-25(27)31)39(37,38)24-13-7-6-8-14-24/h6-17,20,26H,5,18-19H2,1-4H3,(H,32,36)/t26-/m0/s1. The molecule has 2 amide bonds. The summed E-state index contributed by atoms with van der Waals surface area (Å²) < 4.78 is 28.7. The Balaban J connectivity index is 2.11. The molecule has 0 radical (unpaired) electrons. The number of aryl methyl sites for hydroxylation is 1. The molecular weight excluding hydrogens is 557 g/mol. The molecule has 3 aromatic rings. The van der Waals surface area contributed by atoms with Crippen molar-refractivity contribution in [3.8, 4) is 0 Å². The lowest BCUT2D eigenvalue weighted by molar-refractivity contribution is -0.140. The molecule has 0 aliphatic heterocycles. The lowest BCUT2D eigenvalue weighted by Crippen LogP contribution is -2.53. The molecule has 1 N–H and O–H groups in total. The number of halogens is 2. The first-order valence-electron chi connectivity index (χ1n) is 12.6. The normalized spacial score (nSPS) is 12.2. The average Bonchev–Trinajstić information content (AvgIpc) is 2.89. The molecule has 0 heterocycles. The van der Waals surface area contributed by atoms with E-state index in [-0.39, 0.29) is 39.1 Å². The molecule has 0 saturated carbocycles. The summed E-state index contributed by atoms with van der Waals surface area (Å²) in [7, 11) is -4.23. The van der Waals surface area contributed by atoms with Gasteiger partial charge in [-0.05, 0) is 68.7 Å². The number of sulfonamides is 1. The van der Waals surface area contributed by atoms with Crippen molar-refractivity contribution in [3.63, 3.8) is 0 Å². The monoisotopic (exact) mass is 589 g/mol. The van der Waals surface area contributed by atoms with Crippen LogP contribution in [-0.4, -0.2) is 43.8 Å². The van der Waals surface area contributed by atoms with Crippen molar-refractivity contribution >= 4 is 50.7 Å². The number of nitrogens with one attached hydrogen (secondary N) is 1. The number of benzene rings is 3. The van der Waals surface area contributed by atoms with Crippen LogP contribution < -0.4 is 9.62 Å². The van der Waals surface area contributed by atoms with Gasteiger partial charge in [0.15, 0.2) is 0 Å². The van der Waals surface area contributed by atoms with E-state index in [1.54, 1.807) is 18.2 Å². The van der Waals surface area contributed by atoms with E-state index < -0.39 is 28.5 Å². The van der Waals surface area contributed by atoms with Gasteiger partial charge in [0.05, 0.1) is 15.6 Å². The first kappa shape index (κ1) is 30.5. The number of amides is 2. The highest BCUT2D eigenvalue weighted by molar-refractivity contribution is 7.92. The minimum atomic E-state index is -4.23. The molecule has 0 aliphatic rings. The van der Waals surface area contributed by atoms with Crippen molar-refractivity contribution in [1.29, 1.82) is 0 Å². The van der Waals surface area contributed by atoms with Gasteiger partial charge in [-0.2, -0.15) is 0 Å². The number of carbonyl (C=O) groups is 2. The van der Waals surface area contributed by atoms with E-state index in [2.05, 4.69) is 5.32 Å². The van der Waals surface area contributed by atoms with E-state index in [0.717, 1.165) is 15.4 Å². The van der Waals surface area contributed by atoms with Crippen molar-refractivity contribution in [2.75, 3.05) is 10.8 Å². The minimum Gasteiger partial charge on any atom is -0.352 e. The predicted octanol–water partition coefficient (Wildman–Crippen LogP) is 5.83. The molecule has 0 aliphatic carbocycles. The minimum absolute atomic E-state index is 0.0103. The number of carbonyl (C=O) groups excluding carboxylic acids is 2. The Hall–Kier alpha value is -3.07. The van der Waals surface area contributed by atoms with E-state index in [1.165, 1.54) is 35.2 Å². The molecule has 7 nitrogen and oxygen atoms in total. The third-order valence-electron chi connectivity index (χ3n) is 6.21. The lowest BCUT2D eigenvalue weighted by atomic mass is 10.1. The number of hydrogen-bond donors (Lipinski definition) is 1.